The van der Waals surface area contributed by atoms with Crippen LogP contribution in [0, 0.1) is 0 Å². The van der Waals surface area contributed by atoms with Crippen molar-refractivity contribution in [1.82, 2.24) is 4.90 Å². The molecule has 0 aromatic carbocycles. The van der Waals surface area contributed by atoms with Gasteiger partial charge in [-0.05, 0) is 20.5 Å². The van der Waals surface area contributed by atoms with E-state index in [1.165, 1.54) is 83.5 Å². The van der Waals surface area contributed by atoms with E-state index in [1.54, 1.807) is 0 Å². The van der Waals surface area contributed by atoms with Gasteiger partial charge in [0.25, 0.3) is 0 Å². The third-order valence-corrected chi connectivity index (χ3v) is 4.86. The van der Waals surface area contributed by atoms with Crippen molar-refractivity contribution in [2.75, 3.05) is 14.1 Å². The maximum absolute atomic E-state index is 9.30. The van der Waals surface area contributed by atoms with E-state index in [1.807, 2.05) is 19.0 Å². The fraction of sp³-hybridized carbons (Fsp3) is 1.00. The highest BCUT2D eigenvalue weighted by Crippen LogP contribution is 2.15. The number of hydrogen-bond acceptors (Lipinski definition) is 3. The van der Waals surface area contributed by atoms with Gasteiger partial charge in [0.2, 0.25) is 0 Å². The van der Waals surface area contributed by atoms with E-state index in [-0.39, 0.29) is 6.04 Å². The highest BCUT2D eigenvalue weighted by molar-refractivity contribution is 4.67. The van der Waals surface area contributed by atoms with Gasteiger partial charge in [-0.2, -0.15) is 0 Å². The molecule has 0 aromatic rings. The zero-order chi connectivity index (χ0) is 17.3. The quantitative estimate of drug-likeness (QED) is 0.288. The van der Waals surface area contributed by atoms with Crippen LogP contribution in [-0.4, -0.2) is 41.5 Å². The molecule has 0 spiro atoms. The largest absolute Gasteiger partial charge is 0.367 e. The van der Waals surface area contributed by atoms with Crippen LogP contribution in [0.2, 0.25) is 0 Å². The van der Waals surface area contributed by atoms with Crippen LogP contribution in [-0.2, 0) is 0 Å². The Morgan fingerprint density at radius 3 is 1.26 bits per heavy atom. The molecule has 0 saturated heterocycles. The molecule has 0 saturated carbocycles. The molecular formula is C20H43NO2. The molecule has 0 aromatic heterocycles. The summed E-state index contributed by atoms with van der Waals surface area (Å²) in [5.41, 5.74) is 0. The Bertz CT molecular complexity index is 224. The molecule has 23 heavy (non-hydrogen) atoms. The molecule has 0 aliphatic heterocycles. The predicted molar refractivity (Wildman–Crippen MR) is 101 cm³/mol. The van der Waals surface area contributed by atoms with Gasteiger partial charge >= 0.3 is 0 Å². The second-order valence-corrected chi connectivity index (χ2v) is 7.33. The van der Waals surface area contributed by atoms with Crippen molar-refractivity contribution in [3.63, 3.8) is 0 Å². The zero-order valence-electron chi connectivity index (χ0n) is 16.1. The number of hydrogen-bond donors (Lipinski definition) is 2. The fourth-order valence-electron chi connectivity index (χ4n) is 3.22. The van der Waals surface area contributed by atoms with E-state index in [0.29, 0.717) is 0 Å². The van der Waals surface area contributed by atoms with Crippen LogP contribution in [0.1, 0.15) is 103 Å². The minimum Gasteiger partial charge on any atom is -0.367 e. The molecule has 140 valence electrons. The molecule has 0 heterocycles. The molecule has 0 radical (unpaired) electrons. The van der Waals surface area contributed by atoms with Gasteiger partial charge in [-0.1, -0.05) is 96.8 Å². The van der Waals surface area contributed by atoms with Crippen LogP contribution in [0.5, 0.6) is 0 Å². The molecule has 1 atom stereocenters. The van der Waals surface area contributed by atoms with Crippen LogP contribution >= 0.6 is 0 Å². The van der Waals surface area contributed by atoms with Crippen molar-refractivity contribution in [2.45, 2.75) is 116 Å². The number of rotatable bonds is 17. The van der Waals surface area contributed by atoms with Crippen LogP contribution in [0.4, 0.5) is 0 Å². The Hall–Kier alpha value is -0.120. The van der Waals surface area contributed by atoms with Crippen molar-refractivity contribution < 1.29 is 10.2 Å². The lowest BCUT2D eigenvalue weighted by Crippen LogP contribution is -2.38. The van der Waals surface area contributed by atoms with Gasteiger partial charge in [-0.15, -0.1) is 0 Å². The number of unbranched alkanes of at least 4 members (excludes halogenated alkanes) is 13. The highest BCUT2D eigenvalue weighted by Gasteiger charge is 2.17. The standard InChI is InChI=1S/C20H43NO2/c1-4-5-6-7-8-9-10-11-12-13-14-15-16-17-18-19(20(22)23)21(2)3/h19-20,22-23H,4-18H2,1-3H3. The SMILES string of the molecule is CCCCCCCCCCCCCCCCC(C(O)O)N(C)C. The maximum atomic E-state index is 9.30. The lowest BCUT2D eigenvalue weighted by molar-refractivity contribution is -0.0934. The van der Waals surface area contributed by atoms with Gasteiger partial charge in [0.05, 0.1) is 6.04 Å². The lowest BCUT2D eigenvalue weighted by atomic mass is 10.0. The summed E-state index contributed by atoms with van der Waals surface area (Å²) in [6.07, 6.45) is 18.7. The second kappa shape index (κ2) is 16.7. The highest BCUT2D eigenvalue weighted by atomic mass is 16.5. The number of aliphatic hydroxyl groups excluding tert-OH is 1. The molecule has 0 aliphatic rings. The first-order valence-electron chi connectivity index (χ1n) is 10.1. The van der Waals surface area contributed by atoms with E-state index >= 15 is 0 Å². The van der Waals surface area contributed by atoms with E-state index < -0.39 is 6.29 Å². The zero-order valence-corrected chi connectivity index (χ0v) is 16.1. The minimum atomic E-state index is -1.22. The van der Waals surface area contributed by atoms with E-state index in [9.17, 15) is 10.2 Å². The summed E-state index contributed by atoms with van der Waals surface area (Å²) in [5.74, 6) is 0. The van der Waals surface area contributed by atoms with Crippen LogP contribution in [0.3, 0.4) is 0 Å². The smallest absolute Gasteiger partial charge is 0.167 e. The van der Waals surface area contributed by atoms with Crippen LogP contribution in [0.15, 0.2) is 0 Å². The molecule has 3 nitrogen and oxygen atoms in total. The van der Waals surface area contributed by atoms with Gasteiger partial charge < -0.3 is 15.1 Å². The van der Waals surface area contributed by atoms with E-state index in [0.717, 1.165) is 12.8 Å². The Balaban J connectivity index is 3.21. The van der Waals surface area contributed by atoms with Crippen LogP contribution < -0.4 is 0 Å². The summed E-state index contributed by atoms with van der Waals surface area (Å²) in [5, 5.41) is 18.6. The van der Waals surface area contributed by atoms with Crippen molar-refractivity contribution in [1.29, 1.82) is 0 Å². The summed E-state index contributed by atoms with van der Waals surface area (Å²) in [6.45, 7) is 2.27. The minimum absolute atomic E-state index is 0.118. The molecule has 0 amide bonds. The van der Waals surface area contributed by atoms with Crippen molar-refractivity contribution in [2.24, 2.45) is 0 Å². The summed E-state index contributed by atoms with van der Waals surface area (Å²) in [7, 11) is 3.82. The molecule has 0 fully saturated rings. The normalized spacial score (nSPS) is 13.2. The topological polar surface area (TPSA) is 43.7 Å². The molecule has 0 rings (SSSR count). The lowest BCUT2D eigenvalue weighted by Gasteiger charge is -2.25. The van der Waals surface area contributed by atoms with Gasteiger partial charge in [0.15, 0.2) is 6.29 Å². The van der Waals surface area contributed by atoms with Gasteiger partial charge in [-0.3, -0.25) is 0 Å². The van der Waals surface area contributed by atoms with Crippen molar-refractivity contribution in [3.05, 3.63) is 0 Å². The Morgan fingerprint density at radius 1 is 0.609 bits per heavy atom. The molecule has 1 unspecified atom stereocenters. The fourth-order valence-corrected chi connectivity index (χ4v) is 3.22. The average molecular weight is 330 g/mol. The second-order valence-electron chi connectivity index (χ2n) is 7.33. The van der Waals surface area contributed by atoms with Gasteiger partial charge in [0.1, 0.15) is 0 Å². The molecule has 3 heteroatoms. The molecular weight excluding hydrogens is 286 g/mol. The Morgan fingerprint density at radius 2 is 0.957 bits per heavy atom. The van der Waals surface area contributed by atoms with Crippen molar-refractivity contribution >= 4 is 0 Å². The first-order chi connectivity index (χ1) is 11.1. The van der Waals surface area contributed by atoms with E-state index in [4.69, 9.17) is 0 Å². The summed E-state index contributed by atoms with van der Waals surface area (Å²) < 4.78 is 0. The number of nitrogens with zero attached hydrogens (tertiary/aromatic N) is 1. The van der Waals surface area contributed by atoms with Gasteiger partial charge in [0, 0.05) is 0 Å². The van der Waals surface area contributed by atoms with E-state index in [2.05, 4.69) is 6.92 Å². The summed E-state index contributed by atoms with van der Waals surface area (Å²) >= 11 is 0. The summed E-state index contributed by atoms with van der Waals surface area (Å²) in [6, 6.07) is -0.118. The Kier molecular flexibility index (Phi) is 16.6. The van der Waals surface area contributed by atoms with Crippen LogP contribution in [0.25, 0.3) is 0 Å². The molecule has 0 aliphatic carbocycles. The monoisotopic (exact) mass is 329 g/mol. The van der Waals surface area contributed by atoms with Crippen molar-refractivity contribution in [3.8, 4) is 0 Å². The first-order valence-corrected chi connectivity index (χ1v) is 10.1. The average Bonchev–Trinajstić information content (AvgIpc) is 2.50. The maximum Gasteiger partial charge on any atom is 0.167 e. The third kappa shape index (κ3) is 15.2. The molecule has 0 bridgehead atoms. The summed E-state index contributed by atoms with van der Waals surface area (Å²) in [4.78, 5) is 1.91. The van der Waals surface area contributed by atoms with Gasteiger partial charge in [-0.25, -0.2) is 0 Å². The molecule has 2 N–H and O–H groups in total. The predicted octanol–water partition coefficient (Wildman–Crippen LogP) is 5.10. The number of likely N-dealkylation sites (N-methyl/N-ethyl adjacent to an activating group) is 1. The Labute approximate surface area is 145 Å². The third-order valence-electron chi connectivity index (χ3n) is 4.86. The first kappa shape index (κ1) is 22.9. The number of aliphatic hydroxyl groups is 2.